The summed E-state index contributed by atoms with van der Waals surface area (Å²) >= 11 is 6.19. The number of hydrogen-bond acceptors (Lipinski definition) is 3. The molecule has 0 radical (unpaired) electrons. The predicted octanol–water partition coefficient (Wildman–Crippen LogP) is 4.15. The predicted molar refractivity (Wildman–Crippen MR) is 84.7 cm³/mol. The van der Waals surface area contributed by atoms with Crippen molar-refractivity contribution in [2.75, 3.05) is 5.43 Å². The molecule has 3 nitrogen and oxygen atoms in total. The Kier molecular flexibility index (Phi) is 3.30. The number of hydrazine groups is 1. The molecule has 1 heterocycles. The zero-order valence-corrected chi connectivity index (χ0v) is 11.8. The molecule has 0 bridgehead atoms. The number of halogens is 1. The molecule has 0 fully saturated rings. The highest BCUT2D eigenvalue weighted by Gasteiger charge is 2.10. The molecule has 3 N–H and O–H groups in total. The first-order valence-electron chi connectivity index (χ1n) is 6.32. The molecule has 0 atom stereocenters. The molecule has 0 aliphatic heterocycles. The molecule has 1 aromatic heterocycles. The van der Waals surface area contributed by atoms with Crippen LogP contribution in [0.5, 0.6) is 0 Å². The van der Waals surface area contributed by atoms with Gasteiger partial charge < -0.3 is 5.43 Å². The number of rotatable bonds is 2. The van der Waals surface area contributed by atoms with Crippen LogP contribution >= 0.6 is 11.6 Å². The van der Waals surface area contributed by atoms with E-state index >= 15 is 0 Å². The molecule has 0 saturated heterocycles. The van der Waals surface area contributed by atoms with Crippen molar-refractivity contribution >= 4 is 28.2 Å². The van der Waals surface area contributed by atoms with Crippen LogP contribution < -0.4 is 11.3 Å². The van der Waals surface area contributed by atoms with Gasteiger partial charge in [0.05, 0.1) is 16.9 Å². The standard InChI is InChI=1S/C16H14ClN3/c1-10-13(17)8-7-12-15(20-18)9-14(19-16(10)12)11-5-3-2-4-6-11/h2-9H,18H2,1H3,(H,19,20). The van der Waals surface area contributed by atoms with Gasteiger partial charge in [-0.2, -0.15) is 0 Å². The molecule has 3 rings (SSSR count). The summed E-state index contributed by atoms with van der Waals surface area (Å²) in [5, 5.41) is 1.67. The Morgan fingerprint density at radius 1 is 1.10 bits per heavy atom. The van der Waals surface area contributed by atoms with E-state index < -0.39 is 0 Å². The van der Waals surface area contributed by atoms with E-state index in [0.717, 1.165) is 33.4 Å². The average Bonchev–Trinajstić information content (AvgIpc) is 2.51. The minimum atomic E-state index is 0.707. The molecule has 0 spiro atoms. The van der Waals surface area contributed by atoms with Gasteiger partial charge in [-0.3, -0.25) is 5.84 Å². The van der Waals surface area contributed by atoms with Crippen LogP contribution in [-0.4, -0.2) is 4.98 Å². The van der Waals surface area contributed by atoms with Gasteiger partial charge in [0.2, 0.25) is 0 Å². The molecular formula is C16H14ClN3. The second-order valence-electron chi connectivity index (χ2n) is 4.63. The van der Waals surface area contributed by atoms with Crippen molar-refractivity contribution in [1.29, 1.82) is 0 Å². The highest BCUT2D eigenvalue weighted by atomic mass is 35.5. The summed E-state index contributed by atoms with van der Waals surface area (Å²) in [6.45, 7) is 1.97. The lowest BCUT2D eigenvalue weighted by Crippen LogP contribution is -2.08. The number of fused-ring (bicyclic) bond motifs is 1. The lowest BCUT2D eigenvalue weighted by Gasteiger charge is -2.11. The molecule has 0 saturated carbocycles. The third kappa shape index (κ3) is 2.11. The van der Waals surface area contributed by atoms with Gasteiger partial charge in [-0.1, -0.05) is 41.9 Å². The average molecular weight is 284 g/mol. The van der Waals surface area contributed by atoms with E-state index in [-0.39, 0.29) is 0 Å². The van der Waals surface area contributed by atoms with Gasteiger partial charge >= 0.3 is 0 Å². The van der Waals surface area contributed by atoms with Gasteiger partial charge in [0.25, 0.3) is 0 Å². The monoisotopic (exact) mass is 283 g/mol. The van der Waals surface area contributed by atoms with Gasteiger partial charge in [-0.25, -0.2) is 4.98 Å². The van der Waals surface area contributed by atoms with Gasteiger partial charge in [-0.05, 0) is 30.7 Å². The second-order valence-corrected chi connectivity index (χ2v) is 5.04. The number of nitrogens with one attached hydrogen (secondary N) is 1. The zero-order chi connectivity index (χ0) is 14.1. The third-order valence-electron chi connectivity index (χ3n) is 3.39. The minimum absolute atomic E-state index is 0.707. The number of benzene rings is 2. The fourth-order valence-electron chi connectivity index (χ4n) is 2.28. The first kappa shape index (κ1) is 12.9. The molecule has 4 heteroatoms. The Bertz CT molecular complexity index is 770. The highest BCUT2D eigenvalue weighted by Crippen LogP contribution is 2.32. The van der Waals surface area contributed by atoms with Crippen LogP contribution in [0.1, 0.15) is 5.56 Å². The van der Waals surface area contributed by atoms with Crippen molar-refractivity contribution in [2.24, 2.45) is 5.84 Å². The molecule has 0 aliphatic rings. The van der Waals surface area contributed by atoms with E-state index in [1.54, 1.807) is 0 Å². The van der Waals surface area contributed by atoms with Crippen LogP contribution in [0, 0.1) is 6.92 Å². The van der Waals surface area contributed by atoms with Crippen molar-refractivity contribution < 1.29 is 0 Å². The molecule has 3 aromatic rings. The normalized spacial score (nSPS) is 10.8. The number of anilines is 1. The van der Waals surface area contributed by atoms with Crippen molar-refractivity contribution in [2.45, 2.75) is 6.92 Å². The van der Waals surface area contributed by atoms with E-state index in [1.165, 1.54) is 0 Å². The maximum absolute atomic E-state index is 6.19. The number of aromatic nitrogens is 1. The van der Waals surface area contributed by atoms with E-state index in [1.807, 2.05) is 55.5 Å². The Labute approximate surface area is 122 Å². The van der Waals surface area contributed by atoms with E-state index in [2.05, 4.69) is 5.43 Å². The molecule has 20 heavy (non-hydrogen) atoms. The van der Waals surface area contributed by atoms with Crippen LogP contribution in [0.15, 0.2) is 48.5 Å². The number of nitrogen functional groups attached to an aromatic ring is 1. The fraction of sp³-hybridized carbons (Fsp3) is 0.0625. The van der Waals surface area contributed by atoms with Crippen molar-refractivity contribution in [3.8, 4) is 11.3 Å². The van der Waals surface area contributed by atoms with Crippen molar-refractivity contribution in [1.82, 2.24) is 4.98 Å². The Morgan fingerprint density at radius 2 is 1.85 bits per heavy atom. The molecular weight excluding hydrogens is 270 g/mol. The highest BCUT2D eigenvalue weighted by molar-refractivity contribution is 6.32. The smallest absolute Gasteiger partial charge is 0.0774 e. The zero-order valence-electron chi connectivity index (χ0n) is 11.0. The fourth-order valence-corrected chi connectivity index (χ4v) is 2.43. The van der Waals surface area contributed by atoms with E-state index in [9.17, 15) is 0 Å². The Balaban J connectivity index is 2.33. The van der Waals surface area contributed by atoms with Crippen molar-refractivity contribution in [3.05, 3.63) is 59.1 Å². The van der Waals surface area contributed by atoms with Crippen LogP contribution in [0.4, 0.5) is 5.69 Å². The maximum atomic E-state index is 6.19. The topological polar surface area (TPSA) is 50.9 Å². The lowest BCUT2D eigenvalue weighted by atomic mass is 10.1. The summed E-state index contributed by atoms with van der Waals surface area (Å²) in [4.78, 5) is 4.73. The Hall–Kier alpha value is -2.10. The van der Waals surface area contributed by atoms with Gasteiger partial charge in [0, 0.05) is 16.0 Å². The number of aryl methyl sites for hydroxylation is 1. The molecule has 0 aliphatic carbocycles. The van der Waals surface area contributed by atoms with Crippen LogP contribution in [0.3, 0.4) is 0 Å². The molecule has 100 valence electrons. The summed E-state index contributed by atoms with van der Waals surface area (Å²) in [5.74, 6) is 5.64. The van der Waals surface area contributed by atoms with Gasteiger partial charge in [0.1, 0.15) is 0 Å². The first-order chi connectivity index (χ1) is 9.70. The lowest BCUT2D eigenvalue weighted by molar-refractivity contribution is 1.32. The van der Waals surface area contributed by atoms with Crippen molar-refractivity contribution in [3.63, 3.8) is 0 Å². The number of pyridine rings is 1. The summed E-state index contributed by atoms with van der Waals surface area (Å²) in [6, 6.07) is 15.7. The summed E-state index contributed by atoms with van der Waals surface area (Å²) in [7, 11) is 0. The van der Waals surface area contributed by atoms with Crippen LogP contribution in [0.25, 0.3) is 22.2 Å². The summed E-state index contributed by atoms with van der Waals surface area (Å²) in [5.41, 5.74) is 7.33. The molecule has 0 unspecified atom stereocenters. The largest absolute Gasteiger partial charge is 0.323 e. The quantitative estimate of drug-likeness (QED) is 0.549. The first-order valence-corrected chi connectivity index (χ1v) is 6.70. The Morgan fingerprint density at radius 3 is 2.55 bits per heavy atom. The summed E-state index contributed by atoms with van der Waals surface area (Å²) in [6.07, 6.45) is 0. The number of nitrogens with zero attached hydrogens (tertiary/aromatic N) is 1. The number of hydrogen-bond donors (Lipinski definition) is 2. The van der Waals surface area contributed by atoms with Crippen LogP contribution in [0.2, 0.25) is 5.02 Å². The molecule has 2 aromatic carbocycles. The van der Waals surface area contributed by atoms with E-state index in [4.69, 9.17) is 22.4 Å². The van der Waals surface area contributed by atoms with Gasteiger partial charge in [0.15, 0.2) is 0 Å². The summed E-state index contributed by atoms with van der Waals surface area (Å²) < 4.78 is 0. The van der Waals surface area contributed by atoms with E-state index in [0.29, 0.717) is 5.02 Å². The minimum Gasteiger partial charge on any atom is -0.323 e. The second kappa shape index (κ2) is 5.12. The third-order valence-corrected chi connectivity index (χ3v) is 3.80. The van der Waals surface area contributed by atoms with Gasteiger partial charge in [-0.15, -0.1) is 0 Å². The SMILES string of the molecule is Cc1c(Cl)ccc2c(NN)cc(-c3ccccc3)nc12. The number of nitrogens with two attached hydrogens (primary N) is 1. The van der Waals surface area contributed by atoms with Crippen LogP contribution in [-0.2, 0) is 0 Å². The maximum Gasteiger partial charge on any atom is 0.0774 e. The molecule has 0 amide bonds.